The Kier molecular flexibility index (Phi) is 15.5. The minimum absolute atomic E-state index is 0.0894. The second-order valence-corrected chi connectivity index (χ2v) is 6.22. The van der Waals surface area contributed by atoms with E-state index in [2.05, 4.69) is 10.6 Å². The molecule has 0 rings (SSSR count). The molecule has 0 aromatic rings. The molecule has 0 aromatic carbocycles. The molecule has 25 heavy (non-hydrogen) atoms. The van der Waals surface area contributed by atoms with Crippen LogP contribution in [0.25, 0.3) is 0 Å². The second-order valence-electron chi connectivity index (χ2n) is 6.22. The number of hydrogen-bond acceptors (Lipinski definition) is 6. The zero-order valence-corrected chi connectivity index (χ0v) is 15.0. The molecule has 0 aliphatic heterocycles. The first-order chi connectivity index (χ1) is 12.0. The molecular formula is C17H34N2O6. The molecule has 0 aliphatic rings. The van der Waals surface area contributed by atoms with E-state index >= 15 is 0 Å². The normalized spacial score (nSPS) is 13.3. The lowest BCUT2D eigenvalue weighted by molar-refractivity contribution is -0.122. The van der Waals surface area contributed by atoms with Gasteiger partial charge in [-0.05, 0) is 44.9 Å². The number of carbonyl (C=O) groups is 2. The molecule has 148 valence electrons. The molecule has 0 fully saturated rings. The molecule has 0 heterocycles. The molecule has 8 nitrogen and oxygen atoms in total. The molecule has 0 aromatic heterocycles. The lowest BCUT2D eigenvalue weighted by Gasteiger charge is -2.08. The first-order valence-electron chi connectivity index (χ1n) is 9.10. The summed E-state index contributed by atoms with van der Waals surface area (Å²) in [5.74, 6) is -0.179. The molecule has 2 amide bonds. The van der Waals surface area contributed by atoms with Gasteiger partial charge in [0.2, 0.25) is 11.8 Å². The Morgan fingerprint density at radius 1 is 0.680 bits per heavy atom. The van der Waals surface area contributed by atoms with Crippen molar-refractivity contribution in [3.8, 4) is 0 Å². The van der Waals surface area contributed by atoms with Crippen LogP contribution in [0.4, 0.5) is 0 Å². The number of nitrogens with one attached hydrogen (secondary N) is 2. The molecule has 0 bridgehead atoms. The monoisotopic (exact) mass is 362 g/mol. The van der Waals surface area contributed by atoms with Gasteiger partial charge in [0.1, 0.15) is 0 Å². The Morgan fingerprint density at radius 2 is 1.08 bits per heavy atom. The van der Waals surface area contributed by atoms with Crippen LogP contribution in [0.5, 0.6) is 0 Å². The molecule has 8 heteroatoms. The van der Waals surface area contributed by atoms with Crippen LogP contribution in [0, 0.1) is 0 Å². The van der Waals surface area contributed by atoms with Crippen molar-refractivity contribution in [3.05, 3.63) is 0 Å². The molecule has 0 radical (unpaired) electrons. The van der Waals surface area contributed by atoms with Gasteiger partial charge in [-0.15, -0.1) is 0 Å². The van der Waals surface area contributed by atoms with Gasteiger partial charge in [0.15, 0.2) is 0 Å². The summed E-state index contributed by atoms with van der Waals surface area (Å²) in [5.41, 5.74) is 0. The number of rotatable bonds is 16. The second kappa shape index (κ2) is 16.3. The third-order valence-electron chi connectivity index (χ3n) is 3.80. The highest BCUT2D eigenvalue weighted by molar-refractivity contribution is 5.78. The fourth-order valence-corrected chi connectivity index (χ4v) is 2.23. The van der Waals surface area contributed by atoms with Gasteiger partial charge in [0, 0.05) is 25.9 Å². The van der Waals surface area contributed by atoms with Crippen LogP contribution in [0.1, 0.15) is 57.8 Å². The van der Waals surface area contributed by atoms with E-state index in [0.717, 1.165) is 25.7 Å². The van der Waals surface area contributed by atoms with Crippen molar-refractivity contribution in [2.24, 2.45) is 0 Å². The Hall–Kier alpha value is -1.22. The van der Waals surface area contributed by atoms with Gasteiger partial charge >= 0.3 is 0 Å². The van der Waals surface area contributed by atoms with E-state index in [1.54, 1.807) is 0 Å². The molecular weight excluding hydrogens is 328 g/mol. The van der Waals surface area contributed by atoms with E-state index in [0.29, 0.717) is 45.2 Å². The Morgan fingerprint density at radius 3 is 1.44 bits per heavy atom. The van der Waals surface area contributed by atoms with E-state index in [1.165, 1.54) is 0 Å². The molecule has 0 aliphatic carbocycles. The summed E-state index contributed by atoms with van der Waals surface area (Å²) in [4.78, 5) is 23.2. The van der Waals surface area contributed by atoms with E-state index in [9.17, 15) is 9.59 Å². The molecule has 0 saturated heterocycles. The zero-order chi connectivity index (χ0) is 18.9. The summed E-state index contributed by atoms with van der Waals surface area (Å²) in [7, 11) is 0. The predicted molar refractivity (Wildman–Crippen MR) is 93.8 cm³/mol. The summed E-state index contributed by atoms with van der Waals surface area (Å²) in [6, 6.07) is 0. The number of unbranched alkanes of at least 4 members (excludes halogenated alkanes) is 2. The Balaban J connectivity index is 3.44. The van der Waals surface area contributed by atoms with Gasteiger partial charge in [-0.25, -0.2) is 0 Å². The highest BCUT2D eigenvalue weighted by Gasteiger charge is 2.06. The number of aliphatic hydroxyl groups excluding tert-OH is 4. The van der Waals surface area contributed by atoms with Crippen LogP contribution in [0.2, 0.25) is 0 Å². The van der Waals surface area contributed by atoms with Crippen molar-refractivity contribution in [1.29, 1.82) is 0 Å². The SMILES string of the molecule is O=C(CCCC(=O)NCCCC[C@H](O)CO)NCCCC[C@H](O)CO. The van der Waals surface area contributed by atoms with E-state index in [1.807, 2.05) is 0 Å². The maximum Gasteiger partial charge on any atom is 0.220 e. The van der Waals surface area contributed by atoms with Crippen molar-refractivity contribution < 1.29 is 30.0 Å². The average molecular weight is 362 g/mol. The highest BCUT2D eigenvalue weighted by atomic mass is 16.3. The standard InChI is InChI=1S/C17H34N2O6/c20-12-14(22)6-1-3-10-18-16(24)8-5-9-17(25)19-11-4-2-7-15(23)13-21/h14-15,20-23H,1-13H2,(H,18,24)(H,19,25)/t14-,15-/m0/s1. The summed E-state index contributed by atoms with van der Waals surface area (Å²) in [6.45, 7) is 0.587. The van der Waals surface area contributed by atoms with Crippen molar-refractivity contribution in [3.63, 3.8) is 0 Å². The van der Waals surface area contributed by atoms with Crippen molar-refractivity contribution in [1.82, 2.24) is 10.6 Å². The first-order valence-corrected chi connectivity index (χ1v) is 9.10. The lowest BCUT2D eigenvalue weighted by Crippen LogP contribution is -2.27. The fourth-order valence-electron chi connectivity index (χ4n) is 2.23. The largest absolute Gasteiger partial charge is 0.394 e. The minimum Gasteiger partial charge on any atom is -0.394 e. The molecule has 0 saturated carbocycles. The summed E-state index contributed by atoms with van der Waals surface area (Å²) in [5, 5.41) is 41.2. The van der Waals surface area contributed by atoms with Crippen LogP contribution in [-0.2, 0) is 9.59 Å². The van der Waals surface area contributed by atoms with Crippen LogP contribution in [0.15, 0.2) is 0 Å². The van der Waals surface area contributed by atoms with Gasteiger partial charge in [0.05, 0.1) is 25.4 Å². The number of aliphatic hydroxyl groups is 4. The minimum atomic E-state index is -0.686. The number of amides is 2. The topological polar surface area (TPSA) is 139 Å². The van der Waals surface area contributed by atoms with E-state index in [-0.39, 0.29) is 25.0 Å². The van der Waals surface area contributed by atoms with Crippen LogP contribution in [0.3, 0.4) is 0 Å². The molecule has 0 unspecified atom stereocenters. The molecule has 2 atom stereocenters. The first kappa shape index (κ1) is 23.8. The van der Waals surface area contributed by atoms with Crippen molar-refractivity contribution in [2.45, 2.75) is 70.0 Å². The third-order valence-corrected chi connectivity index (χ3v) is 3.80. The number of carbonyl (C=O) groups excluding carboxylic acids is 2. The summed E-state index contributed by atoms with van der Waals surface area (Å²) < 4.78 is 0. The Bertz CT molecular complexity index is 322. The Labute approximate surface area is 149 Å². The summed E-state index contributed by atoms with van der Waals surface area (Å²) >= 11 is 0. The van der Waals surface area contributed by atoms with Crippen molar-refractivity contribution in [2.75, 3.05) is 26.3 Å². The predicted octanol–water partition coefficient (Wildman–Crippen LogP) is -0.564. The molecule has 0 spiro atoms. The zero-order valence-electron chi connectivity index (χ0n) is 15.0. The highest BCUT2D eigenvalue weighted by Crippen LogP contribution is 2.01. The van der Waals surface area contributed by atoms with Gasteiger partial charge in [-0.1, -0.05) is 0 Å². The van der Waals surface area contributed by atoms with Gasteiger partial charge in [-0.2, -0.15) is 0 Å². The van der Waals surface area contributed by atoms with Gasteiger partial charge in [0.25, 0.3) is 0 Å². The van der Waals surface area contributed by atoms with E-state index < -0.39 is 12.2 Å². The lowest BCUT2D eigenvalue weighted by atomic mass is 10.1. The maximum atomic E-state index is 11.6. The number of hydrogen-bond donors (Lipinski definition) is 6. The smallest absolute Gasteiger partial charge is 0.220 e. The van der Waals surface area contributed by atoms with Gasteiger partial charge in [-0.3, -0.25) is 9.59 Å². The van der Waals surface area contributed by atoms with E-state index in [4.69, 9.17) is 20.4 Å². The average Bonchev–Trinajstić information content (AvgIpc) is 2.60. The van der Waals surface area contributed by atoms with Gasteiger partial charge < -0.3 is 31.1 Å². The van der Waals surface area contributed by atoms with Crippen molar-refractivity contribution >= 4 is 11.8 Å². The maximum absolute atomic E-state index is 11.6. The fraction of sp³-hybridized carbons (Fsp3) is 0.882. The quantitative estimate of drug-likeness (QED) is 0.203. The molecule has 6 N–H and O–H groups in total. The van der Waals surface area contributed by atoms with Crippen LogP contribution in [-0.4, -0.2) is 70.8 Å². The third kappa shape index (κ3) is 16.0. The summed E-state index contributed by atoms with van der Waals surface area (Å²) in [6.07, 6.45) is 3.72. The van der Waals surface area contributed by atoms with Crippen LogP contribution >= 0.6 is 0 Å². The van der Waals surface area contributed by atoms with Crippen LogP contribution < -0.4 is 10.6 Å².